The van der Waals surface area contributed by atoms with Gasteiger partial charge in [-0.05, 0) is 70.0 Å². The van der Waals surface area contributed by atoms with E-state index in [1.165, 1.54) is 16.2 Å². The monoisotopic (exact) mass is 675 g/mol. The van der Waals surface area contributed by atoms with Gasteiger partial charge in [-0.25, -0.2) is 19.6 Å². The third-order valence-electron chi connectivity index (χ3n) is 8.88. The number of benzene rings is 1. The Morgan fingerprint density at radius 2 is 1.85 bits per heavy atom. The number of allylic oxidation sites excluding steroid dienone is 1. The second kappa shape index (κ2) is 13.5. The highest BCUT2D eigenvalue weighted by molar-refractivity contribution is 7.13. The molecule has 12 nitrogen and oxygen atoms in total. The van der Waals surface area contributed by atoms with Gasteiger partial charge in [0.15, 0.2) is 0 Å². The molecule has 48 heavy (non-hydrogen) atoms. The molecule has 0 unspecified atom stereocenters. The predicted molar refractivity (Wildman–Crippen MR) is 179 cm³/mol. The first kappa shape index (κ1) is 33.4. The van der Waals surface area contributed by atoms with E-state index in [-0.39, 0.29) is 31.2 Å². The molecule has 254 valence electrons. The zero-order chi connectivity index (χ0) is 34.1. The third-order valence-corrected chi connectivity index (χ3v) is 9.76. The van der Waals surface area contributed by atoms with E-state index in [0.717, 1.165) is 24.1 Å². The Morgan fingerprint density at radius 1 is 1.08 bits per heavy atom. The summed E-state index contributed by atoms with van der Waals surface area (Å²) < 4.78 is 12.0. The van der Waals surface area contributed by atoms with Crippen LogP contribution in [0, 0.1) is 5.92 Å². The van der Waals surface area contributed by atoms with Gasteiger partial charge in [0.1, 0.15) is 35.0 Å². The number of nitrogens with one attached hydrogen (secondary N) is 2. The summed E-state index contributed by atoms with van der Waals surface area (Å²) in [6, 6.07) is 9.27. The molecule has 2 aromatic heterocycles. The van der Waals surface area contributed by atoms with Crippen molar-refractivity contribution in [2.45, 2.75) is 95.0 Å². The number of aliphatic carboxylic acids is 1. The molecule has 3 aliphatic rings. The van der Waals surface area contributed by atoms with Crippen molar-refractivity contribution in [3.05, 3.63) is 53.9 Å². The van der Waals surface area contributed by atoms with E-state index in [2.05, 4.69) is 10.6 Å². The number of para-hydroxylation sites is 2. The fourth-order valence-corrected chi connectivity index (χ4v) is 7.10. The number of alkyl carbamates (subject to hydrolysis) is 1. The van der Waals surface area contributed by atoms with Crippen molar-refractivity contribution in [3.8, 4) is 16.5 Å². The molecule has 5 atom stereocenters. The first-order valence-corrected chi connectivity index (χ1v) is 17.3. The zero-order valence-electron chi connectivity index (χ0n) is 27.3. The van der Waals surface area contributed by atoms with Gasteiger partial charge in [-0.2, -0.15) is 0 Å². The molecular weight excluding hydrogens is 634 g/mol. The van der Waals surface area contributed by atoms with Crippen LogP contribution in [0.3, 0.4) is 0 Å². The van der Waals surface area contributed by atoms with Crippen molar-refractivity contribution >= 4 is 46.2 Å². The fourth-order valence-electron chi connectivity index (χ4n) is 6.39. The number of nitrogens with zero attached hydrogens (tertiary/aromatic N) is 3. The van der Waals surface area contributed by atoms with Crippen LogP contribution in [0.4, 0.5) is 4.79 Å². The van der Waals surface area contributed by atoms with Crippen molar-refractivity contribution < 1.29 is 33.8 Å². The second-order valence-electron chi connectivity index (χ2n) is 13.7. The van der Waals surface area contributed by atoms with Crippen LogP contribution in [0.5, 0.6) is 5.88 Å². The predicted octanol–water partition coefficient (Wildman–Crippen LogP) is 5.08. The largest absolute Gasteiger partial charge is 0.479 e. The molecule has 0 spiro atoms. The maximum Gasteiger partial charge on any atom is 0.408 e. The summed E-state index contributed by atoms with van der Waals surface area (Å²) in [5, 5.41) is 17.6. The SMILES string of the molecule is CC(C)(C)OC(=O)N[C@@H]1CCCCC/C=C\[C@@H]2C[C@@]2(C(=O)O)NC(=O)[C@@H]2C[C@@H](Oc3nc4ccccc4nc3-c3cccs3)CN2C1=O. The Kier molecular flexibility index (Phi) is 9.41. The first-order valence-electron chi connectivity index (χ1n) is 16.4. The maximum absolute atomic E-state index is 14.3. The summed E-state index contributed by atoms with van der Waals surface area (Å²) in [7, 11) is 0. The number of aromatic nitrogens is 2. The van der Waals surface area contributed by atoms with E-state index in [4.69, 9.17) is 19.4 Å². The van der Waals surface area contributed by atoms with Crippen molar-refractivity contribution in [1.29, 1.82) is 0 Å². The normalized spacial score (nSPS) is 27.1. The van der Waals surface area contributed by atoms with Crippen LogP contribution in [0.15, 0.2) is 53.9 Å². The summed E-state index contributed by atoms with van der Waals surface area (Å²) >= 11 is 1.49. The number of fused-ring (bicyclic) bond motifs is 3. The number of amides is 3. The van der Waals surface area contributed by atoms with Crippen LogP contribution >= 0.6 is 11.3 Å². The Balaban J connectivity index is 1.32. The summed E-state index contributed by atoms with van der Waals surface area (Å²) in [6.07, 6.45) is 6.18. The second-order valence-corrected chi connectivity index (χ2v) is 14.6. The van der Waals surface area contributed by atoms with Crippen LogP contribution in [-0.4, -0.2) is 79.7 Å². The molecule has 6 rings (SSSR count). The lowest BCUT2D eigenvalue weighted by Crippen LogP contribution is -2.56. The van der Waals surface area contributed by atoms with Crippen molar-refractivity contribution in [1.82, 2.24) is 25.5 Å². The van der Waals surface area contributed by atoms with Crippen LogP contribution in [0.25, 0.3) is 21.6 Å². The molecule has 1 saturated carbocycles. The van der Waals surface area contributed by atoms with Gasteiger partial charge in [0.2, 0.25) is 17.7 Å². The number of rotatable bonds is 5. The molecule has 3 aromatic rings. The number of ether oxygens (including phenoxy) is 2. The van der Waals surface area contributed by atoms with Crippen LogP contribution in [-0.2, 0) is 19.1 Å². The molecule has 1 aromatic carbocycles. The smallest absolute Gasteiger partial charge is 0.408 e. The van der Waals surface area contributed by atoms with E-state index >= 15 is 0 Å². The van der Waals surface area contributed by atoms with Gasteiger partial charge in [-0.15, -0.1) is 11.3 Å². The molecule has 1 aliphatic carbocycles. The van der Waals surface area contributed by atoms with Crippen molar-refractivity contribution in [2.24, 2.45) is 5.92 Å². The Morgan fingerprint density at radius 3 is 2.56 bits per heavy atom. The summed E-state index contributed by atoms with van der Waals surface area (Å²) in [6.45, 7) is 5.24. The lowest BCUT2D eigenvalue weighted by Gasteiger charge is -2.30. The molecule has 3 N–H and O–H groups in total. The minimum absolute atomic E-state index is 0.0191. The van der Waals surface area contributed by atoms with Gasteiger partial charge in [0.05, 0.1) is 22.5 Å². The van der Waals surface area contributed by atoms with E-state index in [1.807, 2.05) is 53.9 Å². The molecule has 13 heteroatoms. The lowest BCUT2D eigenvalue weighted by molar-refractivity contribution is -0.145. The highest BCUT2D eigenvalue weighted by Crippen LogP contribution is 2.45. The number of carboxylic acids is 1. The third kappa shape index (κ3) is 7.30. The van der Waals surface area contributed by atoms with Crippen molar-refractivity contribution in [3.63, 3.8) is 0 Å². The standard InChI is InChI=1S/C35H41N5O7S/c1-34(2,3)47-33(45)38-25-15-8-6-4-5-7-12-21-19-35(21,32(43)44)39-29(41)26-18-22(20-40(26)31(25)42)46-30-28(27-16-11-17-48-27)36-23-13-9-10-14-24(23)37-30/h7,9-14,16-17,21-22,25-26H,4-6,8,15,18-20H2,1-3H3,(H,38,45)(H,39,41)(H,43,44)/b12-7-/t21-,22-,25-,26+,35-/m1/s1. The minimum Gasteiger partial charge on any atom is -0.479 e. The van der Waals surface area contributed by atoms with Gasteiger partial charge in [0.25, 0.3) is 0 Å². The quantitative estimate of drug-likeness (QED) is 0.314. The van der Waals surface area contributed by atoms with E-state index in [9.17, 15) is 24.3 Å². The number of hydrogen-bond donors (Lipinski definition) is 3. The van der Waals surface area contributed by atoms with Crippen LogP contribution < -0.4 is 15.4 Å². The van der Waals surface area contributed by atoms with E-state index < -0.39 is 53.2 Å². The molecule has 4 heterocycles. The average Bonchev–Trinajstić information content (AvgIpc) is 3.34. The minimum atomic E-state index is -1.44. The number of carbonyl (C=O) groups is 4. The highest BCUT2D eigenvalue weighted by Gasteiger charge is 2.61. The zero-order valence-corrected chi connectivity index (χ0v) is 28.1. The van der Waals surface area contributed by atoms with Crippen LogP contribution in [0.2, 0.25) is 0 Å². The van der Waals surface area contributed by atoms with E-state index in [0.29, 0.717) is 29.6 Å². The molecular formula is C35H41N5O7S. The van der Waals surface area contributed by atoms with Gasteiger partial charge >= 0.3 is 12.1 Å². The number of carboxylic acid groups (broad SMARTS) is 1. The Labute approximate surface area is 282 Å². The first-order chi connectivity index (χ1) is 22.9. The molecule has 0 bridgehead atoms. The van der Waals surface area contributed by atoms with Crippen LogP contribution in [0.1, 0.15) is 65.7 Å². The summed E-state index contributed by atoms with van der Waals surface area (Å²) in [5.41, 5.74) is -0.337. The summed E-state index contributed by atoms with van der Waals surface area (Å²) in [5.74, 6) is -2.23. The maximum atomic E-state index is 14.3. The average molecular weight is 676 g/mol. The van der Waals surface area contributed by atoms with E-state index in [1.54, 1.807) is 20.8 Å². The van der Waals surface area contributed by atoms with Gasteiger partial charge in [-0.1, -0.05) is 43.2 Å². The molecule has 0 radical (unpaired) electrons. The highest BCUT2D eigenvalue weighted by atomic mass is 32.1. The van der Waals surface area contributed by atoms with Gasteiger partial charge in [-0.3, -0.25) is 9.59 Å². The number of carbonyl (C=O) groups excluding carboxylic acids is 3. The Bertz CT molecular complexity index is 1720. The van der Waals surface area contributed by atoms with Crippen molar-refractivity contribution in [2.75, 3.05) is 6.54 Å². The fraction of sp³-hybridized carbons (Fsp3) is 0.486. The van der Waals surface area contributed by atoms with Gasteiger partial charge < -0.3 is 30.1 Å². The topological polar surface area (TPSA) is 160 Å². The number of thiophene rings is 1. The molecule has 2 fully saturated rings. The molecule has 2 aliphatic heterocycles. The number of hydrogen-bond acceptors (Lipinski definition) is 9. The van der Waals surface area contributed by atoms with Gasteiger partial charge in [0, 0.05) is 12.3 Å². The molecule has 3 amide bonds. The Hall–Kier alpha value is -4.52. The summed E-state index contributed by atoms with van der Waals surface area (Å²) in [4.78, 5) is 65.5. The lowest BCUT2D eigenvalue weighted by atomic mass is 10.0. The molecule has 1 saturated heterocycles.